The van der Waals surface area contributed by atoms with E-state index in [1.807, 2.05) is 36.1 Å². The molecular weight excluding hydrogens is 288 g/mol. The van der Waals surface area contributed by atoms with Crippen LogP contribution in [-0.2, 0) is 6.54 Å². The number of nitrogens with zero attached hydrogens (tertiary/aromatic N) is 2. The molecule has 0 bridgehead atoms. The molecule has 2 aromatic heterocycles. The molecule has 1 unspecified atom stereocenters. The zero-order valence-electron chi connectivity index (χ0n) is 13.0. The van der Waals surface area contributed by atoms with Crippen LogP contribution in [0.1, 0.15) is 33.4 Å². The second-order valence-corrected chi connectivity index (χ2v) is 5.83. The van der Waals surface area contributed by atoms with Gasteiger partial charge in [-0.2, -0.15) is 0 Å². The maximum absolute atomic E-state index is 13.1. The Bertz CT molecular complexity index is 832. The molecule has 23 heavy (non-hydrogen) atoms. The van der Waals surface area contributed by atoms with Crippen LogP contribution in [0.5, 0.6) is 0 Å². The summed E-state index contributed by atoms with van der Waals surface area (Å²) in [4.78, 5) is 15.0. The Morgan fingerprint density at radius 3 is 2.65 bits per heavy atom. The van der Waals surface area contributed by atoms with Crippen molar-refractivity contribution in [3.05, 3.63) is 83.6 Å². The number of aryl methyl sites for hydroxylation is 1. The molecule has 0 radical (unpaired) electrons. The van der Waals surface area contributed by atoms with E-state index in [1.165, 1.54) is 0 Å². The lowest BCUT2D eigenvalue weighted by Gasteiger charge is -2.37. The van der Waals surface area contributed by atoms with E-state index in [0.717, 1.165) is 17.8 Å². The zero-order valence-corrected chi connectivity index (χ0v) is 13.0. The molecule has 0 spiro atoms. The second-order valence-electron chi connectivity index (χ2n) is 5.83. The van der Waals surface area contributed by atoms with E-state index in [4.69, 9.17) is 4.42 Å². The van der Waals surface area contributed by atoms with E-state index in [-0.39, 0.29) is 11.9 Å². The van der Waals surface area contributed by atoms with E-state index >= 15 is 0 Å². The zero-order chi connectivity index (χ0) is 15.8. The molecule has 4 nitrogen and oxygen atoms in total. The molecule has 1 atom stereocenters. The van der Waals surface area contributed by atoms with E-state index < -0.39 is 0 Å². The van der Waals surface area contributed by atoms with Crippen molar-refractivity contribution in [3.63, 3.8) is 0 Å². The van der Waals surface area contributed by atoms with Gasteiger partial charge in [-0.05, 0) is 30.7 Å². The molecule has 1 aliphatic heterocycles. The Kier molecular flexibility index (Phi) is 3.30. The highest BCUT2D eigenvalue weighted by molar-refractivity contribution is 5.95. The van der Waals surface area contributed by atoms with Crippen LogP contribution in [0.4, 0.5) is 0 Å². The van der Waals surface area contributed by atoms with Crippen molar-refractivity contribution in [2.45, 2.75) is 19.5 Å². The molecule has 3 aromatic rings. The number of hydrogen-bond acceptors (Lipinski definition) is 2. The monoisotopic (exact) mass is 306 g/mol. The van der Waals surface area contributed by atoms with Crippen LogP contribution in [0.3, 0.4) is 0 Å². The molecule has 0 fully saturated rings. The van der Waals surface area contributed by atoms with Crippen molar-refractivity contribution >= 4 is 5.91 Å². The van der Waals surface area contributed by atoms with Crippen LogP contribution in [0.2, 0.25) is 0 Å². The standard InChI is InChI=1S/C19H18N2O2/c1-14-16(9-13-23-14)19(22)21-12-11-20-10-5-8-17(20)18(21)15-6-3-2-4-7-15/h2-10,13,18H,11-12H2,1H3. The summed E-state index contributed by atoms with van der Waals surface area (Å²) in [6, 6.07) is 16.0. The summed E-state index contributed by atoms with van der Waals surface area (Å²) >= 11 is 0. The largest absolute Gasteiger partial charge is 0.469 e. The van der Waals surface area contributed by atoms with E-state index in [0.29, 0.717) is 17.9 Å². The molecule has 0 saturated heterocycles. The van der Waals surface area contributed by atoms with Gasteiger partial charge in [0.15, 0.2) is 0 Å². The highest BCUT2D eigenvalue weighted by Gasteiger charge is 2.33. The minimum absolute atomic E-state index is 0.0255. The fraction of sp³-hybridized carbons (Fsp3) is 0.211. The number of aromatic nitrogens is 1. The Morgan fingerprint density at radius 1 is 1.09 bits per heavy atom. The smallest absolute Gasteiger partial charge is 0.258 e. The summed E-state index contributed by atoms with van der Waals surface area (Å²) in [7, 11) is 0. The molecule has 0 N–H and O–H groups in total. The lowest BCUT2D eigenvalue weighted by atomic mass is 9.99. The summed E-state index contributed by atoms with van der Waals surface area (Å²) in [6.07, 6.45) is 3.66. The van der Waals surface area contributed by atoms with Crippen LogP contribution in [0, 0.1) is 6.92 Å². The van der Waals surface area contributed by atoms with Gasteiger partial charge in [0, 0.05) is 25.0 Å². The average Bonchev–Trinajstić information content (AvgIpc) is 3.22. The van der Waals surface area contributed by atoms with Gasteiger partial charge in [0.2, 0.25) is 0 Å². The third-order valence-corrected chi connectivity index (χ3v) is 4.50. The number of hydrogen-bond donors (Lipinski definition) is 0. The third-order valence-electron chi connectivity index (χ3n) is 4.50. The number of rotatable bonds is 2. The highest BCUT2D eigenvalue weighted by atomic mass is 16.3. The van der Waals surface area contributed by atoms with Crippen molar-refractivity contribution in [3.8, 4) is 0 Å². The first-order valence-electron chi connectivity index (χ1n) is 7.81. The molecule has 4 heteroatoms. The fourth-order valence-electron chi connectivity index (χ4n) is 3.35. The molecule has 116 valence electrons. The van der Waals surface area contributed by atoms with E-state index in [1.54, 1.807) is 12.3 Å². The third kappa shape index (κ3) is 2.27. The lowest BCUT2D eigenvalue weighted by molar-refractivity contribution is 0.0662. The summed E-state index contributed by atoms with van der Waals surface area (Å²) in [5.74, 6) is 0.695. The van der Waals surface area contributed by atoms with Crippen molar-refractivity contribution in [2.24, 2.45) is 0 Å². The maximum atomic E-state index is 13.1. The van der Waals surface area contributed by atoms with Gasteiger partial charge in [0.1, 0.15) is 5.76 Å². The molecule has 1 aliphatic rings. The van der Waals surface area contributed by atoms with Gasteiger partial charge in [0.25, 0.3) is 5.91 Å². The molecule has 1 aromatic carbocycles. The van der Waals surface area contributed by atoms with Crippen LogP contribution < -0.4 is 0 Å². The molecular formula is C19H18N2O2. The molecule has 1 amide bonds. The Balaban J connectivity index is 1.80. The quantitative estimate of drug-likeness (QED) is 0.725. The molecule has 4 rings (SSSR count). The average molecular weight is 306 g/mol. The van der Waals surface area contributed by atoms with Crippen molar-refractivity contribution in [2.75, 3.05) is 6.54 Å². The summed E-state index contributed by atoms with van der Waals surface area (Å²) in [5, 5.41) is 0. The number of carbonyl (C=O) groups excluding carboxylic acids is 1. The Morgan fingerprint density at radius 2 is 1.91 bits per heavy atom. The summed E-state index contributed by atoms with van der Waals surface area (Å²) in [5.41, 5.74) is 2.92. The highest BCUT2D eigenvalue weighted by Crippen LogP contribution is 2.33. The minimum Gasteiger partial charge on any atom is -0.469 e. The Labute approximate surface area is 134 Å². The number of benzene rings is 1. The van der Waals surface area contributed by atoms with Crippen LogP contribution >= 0.6 is 0 Å². The van der Waals surface area contributed by atoms with Crippen molar-refractivity contribution in [1.82, 2.24) is 9.47 Å². The van der Waals surface area contributed by atoms with Gasteiger partial charge < -0.3 is 13.9 Å². The SMILES string of the molecule is Cc1occc1C(=O)N1CCn2cccc2C1c1ccccc1. The van der Waals surface area contributed by atoms with Crippen LogP contribution in [0.15, 0.2) is 65.4 Å². The molecule has 0 aliphatic carbocycles. The normalized spacial score (nSPS) is 17.1. The van der Waals surface area contributed by atoms with Gasteiger partial charge in [-0.15, -0.1) is 0 Å². The van der Waals surface area contributed by atoms with Gasteiger partial charge in [-0.25, -0.2) is 0 Å². The number of furan rings is 1. The van der Waals surface area contributed by atoms with Crippen molar-refractivity contribution < 1.29 is 9.21 Å². The van der Waals surface area contributed by atoms with Gasteiger partial charge >= 0.3 is 0 Å². The molecule has 0 saturated carbocycles. The summed E-state index contributed by atoms with van der Waals surface area (Å²) < 4.78 is 7.55. The maximum Gasteiger partial charge on any atom is 0.258 e. The number of fused-ring (bicyclic) bond motifs is 1. The van der Waals surface area contributed by atoms with Gasteiger partial charge in [-0.3, -0.25) is 4.79 Å². The molecule has 3 heterocycles. The minimum atomic E-state index is -0.0678. The first-order valence-corrected chi connectivity index (χ1v) is 7.81. The lowest BCUT2D eigenvalue weighted by Crippen LogP contribution is -2.42. The van der Waals surface area contributed by atoms with Crippen molar-refractivity contribution in [1.29, 1.82) is 0 Å². The van der Waals surface area contributed by atoms with Gasteiger partial charge in [0.05, 0.1) is 17.9 Å². The van der Waals surface area contributed by atoms with Crippen LogP contribution in [0.25, 0.3) is 0 Å². The first-order chi connectivity index (χ1) is 11.3. The first kappa shape index (κ1) is 13.9. The second kappa shape index (κ2) is 5.47. The number of amides is 1. The predicted octanol–water partition coefficient (Wildman–Crippen LogP) is 3.63. The predicted molar refractivity (Wildman–Crippen MR) is 87.2 cm³/mol. The van der Waals surface area contributed by atoms with E-state index in [9.17, 15) is 4.79 Å². The van der Waals surface area contributed by atoms with Gasteiger partial charge in [-0.1, -0.05) is 30.3 Å². The van der Waals surface area contributed by atoms with E-state index in [2.05, 4.69) is 29.0 Å². The number of carbonyl (C=O) groups is 1. The van der Waals surface area contributed by atoms with Crippen LogP contribution in [-0.4, -0.2) is 21.9 Å². The summed E-state index contributed by atoms with van der Waals surface area (Å²) in [6.45, 7) is 3.33. The Hall–Kier alpha value is -2.75. The topological polar surface area (TPSA) is 38.4 Å². The fourth-order valence-corrected chi connectivity index (χ4v) is 3.35.